The third-order valence-corrected chi connectivity index (χ3v) is 10.6. The van der Waals surface area contributed by atoms with E-state index in [9.17, 15) is 0 Å². The molecule has 0 bridgehead atoms. The summed E-state index contributed by atoms with van der Waals surface area (Å²) in [7, 11) is 0. The standard InChI is InChI=1S/C5H8Cl4Si.Cl3HSi/c6-5(7)3-1-2-4-10(5,8)9;1-4(2)3/h1-4H2;4H. The van der Waals surface area contributed by atoms with Crippen molar-refractivity contribution < 1.29 is 0 Å². The van der Waals surface area contributed by atoms with E-state index >= 15 is 0 Å². The van der Waals surface area contributed by atoms with E-state index in [1.54, 1.807) is 0 Å². The first kappa shape index (κ1) is 16.5. The first-order valence-electron chi connectivity index (χ1n) is 3.87. The Balaban J connectivity index is 0.000000364. The summed E-state index contributed by atoms with van der Waals surface area (Å²) in [5, 5.41) is 0. The maximum atomic E-state index is 6.00. The molecule has 9 heteroatoms. The molecule has 14 heavy (non-hydrogen) atoms. The van der Waals surface area contributed by atoms with E-state index in [0.29, 0.717) is 0 Å². The summed E-state index contributed by atoms with van der Waals surface area (Å²) in [5.74, 6) is 0. The highest BCUT2D eigenvalue weighted by molar-refractivity contribution is 7.54. The minimum atomic E-state index is -2.34. The van der Waals surface area contributed by atoms with Crippen molar-refractivity contribution in [2.75, 3.05) is 0 Å². The Morgan fingerprint density at radius 2 is 1.43 bits per heavy atom. The molecule has 0 aromatic carbocycles. The van der Waals surface area contributed by atoms with Crippen LogP contribution in [0.3, 0.4) is 0 Å². The van der Waals surface area contributed by atoms with Gasteiger partial charge < -0.3 is 0 Å². The first-order valence-corrected chi connectivity index (χ1v) is 14.1. The lowest BCUT2D eigenvalue weighted by Crippen LogP contribution is -2.44. The Hall–Kier alpha value is 2.46. The molecule has 0 atom stereocenters. The van der Waals surface area contributed by atoms with Crippen molar-refractivity contribution in [3.8, 4) is 0 Å². The molecule has 1 rings (SSSR count). The normalized spacial score (nSPS) is 24.0. The molecule has 1 aliphatic rings. The van der Waals surface area contributed by atoms with Gasteiger partial charge in [-0.2, -0.15) is 0 Å². The van der Waals surface area contributed by atoms with Gasteiger partial charge in [-0.1, -0.05) is 12.8 Å². The van der Waals surface area contributed by atoms with Gasteiger partial charge in [0.1, 0.15) is 3.96 Å². The molecule has 1 fully saturated rings. The van der Waals surface area contributed by atoms with Crippen molar-refractivity contribution in [3.63, 3.8) is 0 Å². The van der Waals surface area contributed by atoms with Crippen molar-refractivity contribution in [1.29, 1.82) is 0 Å². The summed E-state index contributed by atoms with van der Waals surface area (Å²) in [6, 6.07) is 0.823. The average Bonchev–Trinajstić information content (AvgIpc) is 1.94. The smallest absolute Gasteiger partial charge is 0.143 e. The van der Waals surface area contributed by atoms with Crippen LogP contribution in [0.4, 0.5) is 0 Å². The number of alkyl halides is 2. The lowest BCUT2D eigenvalue weighted by atomic mass is 10.3. The zero-order chi connectivity index (χ0) is 11.4. The molecule has 1 saturated heterocycles. The molecule has 1 heterocycles. The third kappa shape index (κ3) is 6.26. The number of hydrogen-bond acceptors (Lipinski definition) is 0. The van der Waals surface area contributed by atoms with E-state index in [4.69, 9.17) is 78.6 Å². The lowest BCUT2D eigenvalue weighted by Gasteiger charge is -2.34. The van der Waals surface area contributed by atoms with E-state index in [1.807, 2.05) is 0 Å². The van der Waals surface area contributed by atoms with Crippen LogP contribution in [0, 0.1) is 0 Å². The Morgan fingerprint density at radius 3 is 1.64 bits per heavy atom. The molecule has 0 N–H and O–H groups in total. The number of rotatable bonds is 0. The molecule has 0 aromatic heterocycles. The van der Waals surface area contributed by atoms with Crippen molar-refractivity contribution in [3.05, 3.63) is 0 Å². The Morgan fingerprint density at radius 1 is 1.00 bits per heavy atom. The first-order chi connectivity index (χ1) is 6.19. The van der Waals surface area contributed by atoms with Crippen molar-refractivity contribution in [2.24, 2.45) is 0 Å². The van der Waals surface area contributed by atoms with Crippen LogP contribution >= 0.6 is 78.6 Å². The molecule has 1 aliphatic heterocycles. The maximum Gasteiger partial charge on any atom is 0.326 e. The molecular formula is C5H9Cl7Si2. The molecule has 86 valence electrons. The minimum Gasteiger partial charge on any atom is -0.143 e. The predicted octanol–water partition coefficient (Wildman–Crippen LogP) is 5.22. The van der Waals surface area contributed by atoms with E-state index < -0.39 is 17.4 Å². The highest BCUT2D eigenvalue weighted by Crippen LogP contribution is 2.48. The second kappa shape index (κ2) is 7.02. The van der Waals surface area contributed by atoms with Gasteiger partial charge in [0.25, 0.3) is 6.69 Å². The summed E-state index contributed by atoms with van der Waals surface area (Å²) >= 11 is 38.7. The summed E-state index contributed by atoms with van der Waals surface area (Å²) in [4.78, 5) is 0. The van der Waals surface area contributed by atoms with Gasteiger partial charge in [0.05, 0.1) is 0 Å². The summed E-state index contributed by atoms with van der Waals surface area (Å²) in [5.41, 5.74) is 0. The number of halogens is 7. The van der Waals surface area contributed by atoms with Crippen LogP contribution in [0.5, 0.6) is 0 Å². The molecule has 0 saturated carbocycles. The molecule has 0 amide bonds. The van der Waals surface area contributed by atoms with E-state index in [1.165, 1.54) is 0 Å². The maximum absolute atomic E-state index is 6.00. The van der Waals surface area contributed by atoms with Gasteiger partial charge in [0, 0.05) is 0 Å². The van der Waals surface area contributed by atoms with Crippen molar-refractivity contribution >= 4 is 92.0 Å². The second-order valence-corrected chi connectivity index (χ2v) is 18.6. The van der Waals surface area contributed by atoms with Crippen LogP contribution in [0.15, 0.2) is 0 Å². The highest BCUT2D eigenvalue weighted by atomic mass is 35.8. The quantitative estimate of drug-likeness (QED) is 0.310. The van der Waals surface area contributed by atoms with E-state index in [-0.39, 0.29) is 0 Å². The monoisotopic (exact) mass is 370 g/mol. The molecule has 0 aliphatic carbocycles. The van der Waals surface area contributed by atoms with Crippen LogP contribution in [0.25, 0.3) is 0 Å². The van der Waals surface area contributed by atoms with E-state index in [0.717, 1.165) is 25.3 Å². The molecular weight excluding hydrogens is 364 g/mol. The Kier molecular flexibility index (Phi) is 8.26. The van der Waals surface area contributed by atoms with E-state index in [2.05, 4.69) is 0 Å². The molecule has 0 radical (unpaired) electrons. The predicted molar refractivity (Wildman–Crippen MR) is 75.3 cm³/mol. The molecule has 0 unspecified atom stereocenters. The van der Waals surface area contributed by atoms with Crippen LogP contribution in [-0.4, -0.2) is 17.4 Å². The fourth-order valence-electron chi connectivity index (χ4n) is 1.06. The zero-order valence-corrected chi connectivity index (χ0v) is 14.5. The molecule has 0 spiro atoms. The van der Waals surface area contributed by atoms with Crippen molar-refractivity contribution in [1.82, 2.24) is 0 Å². The average molecular weight is 373 g/mol. The van der Waals surface area contributed by atoms with Gasteiger partial charge in [-0.05, 0) is 12.5 Å². The Bertz CT molecular complexity index is 153. The minimum absolute atomic E-state index is 0.745. The van der Waals surface area contributed by atoms with Gasteiger partial charge in [-0.25, -0.2) is 0 Å². The molecule has 0 nitrogen and oxygen atoms in total. The SMILES string of the molecule is ClC1(Cl)CCCC[Si]1(Cl)Cl.Cl[SiH](Cl)Cl. The molecule has 0 aromatic rings. The van der Waals surface area contributed by atoms with Gasteiger partial charge >= 0.3 is 6.73 Å². The zero-order valence-electron chi connectivity index (χ0n) is 7.05. The number of hydrogen-bond donors (Lipinski definition) is 0. The third-order valence-electron chi connectivity index (χ3n) is 1.77. The Labute approximate surface area is 120 Å². The van der Waals surface area contributed by atoms with Gasteiger partial charge in [0.15, 0.2) is 0 Å². The highest BCUT2D eigenvalue weighted by Gasteiger charge is 2.51. The van der Waals surface area contributed by atoms with Crippen molar-refractivity contribution in [2.45, 2.75) is 29.3 Å². The van der Waals surface area contributed by atoms with Crippen LogP contribution in [0.1, 0.15) is 19.3 Å². The van der Waals surface area contributed by atoms with Crippen LogP contribution < -0.4 is 0 Å². The summed E-state index contributed by atoms with van der Waals surface area (Å²) < 4.78 is -0.811. The summed E-state index contributed by atoms with van der Waals surface area (Å²) in [6.07, 6.45) is 2.86. The van der Waals surface area contributed by atoms with Gasteiger partial charge in [-0.3, -0.25) is 0 Å². The largest absolute Gasteiger partial charge is 0.326 e. The van der Waals surface area contributed by atoms with Crippen LogP contribution in [0.2, 0.25) is 6.04 Å². The van der Waals surface area contributed by atoms with Gasteiger partial charge in [0.2, 0.25) is 0 Å². The van der Waals surface area contributed by atoms with Crippen LogP contribution in [-0.2, 0) is 0 Å². The topological polar surface area (TPSA) is 0 Å². The fourth-order valence-corrected chi connectivity index (χ4v) is 4.87. The lowest BCUT2D eigenvalue weighted by molar-refractivity contribution is 0.684. The summed E-state index contributed by atoms with van der Waals surface area (Å²) in [6.45, 7) is -4.07. The second-order valence-electron chi connectivity index (χ2n) is 2.86. The fraction of sp³-hybridized carbons (Fsp3) is 1.00. The van der Waals surface area contributed by atoms with Gasteiger partial charge in [-0.15, -0.1) is 78.6 Å².